The first-order valence-electron chi connectivity index (χ1n) is 3.83. The summed E-state index contributed by atoms with van der Waals surface area (Å²) in [5, 5.41) is 0. The van der Waals surface area contributed by atoms with Crippen LogP contribution in [0.4, 0.5) is 0 Å². The van der Waals surface area contributed by atoms with Crippen molar-refractivity contribution in [2.24, 2.45) is 0 Å². The van der Waals surface area contributed by atoms with Gasteiger partial charge in [0, 0.05) is 0 Å². The van der Waals surface area contributed by atoms with Crippen molar-refractivity contribution < 1.29 is 0 Å². The van der Waals surface area contributed by atoms with Gasteiger partial charge in [-0.2, -0.15) is 0 Å². The molecule has 0 radical (unpaired) electrons. The van der Waals surface area contributed by atoms with Crippen LogP contribution in [0.1, 0.15) is 32.6 Å². The predicted molar refractivity (Wildman–Crippen MR) is 47.7 cm³/mol. The van der Waals surface area contributed by atoms with Crippen LogP contribution in [0, 0.1) is 0 Å². The topological polar surface area (TPSA) is 0 Å². The molecule has 9 heavy (non-hydrogen) atoms. The Labute approximate surface area is 61.4 Å². The molecule has 0 unspecified atom stereocenters. The highest BCUT2D eigenvalue weighted by atomic mass is 32.2. The fourth-order valence-corrected chi connectivity index (χ4v) is 2.79. The molecule has 0 N–H and O–H groups in total. The average molecular weight is 146 g/mol. The van der Waals surface area contributed by atoms with Gasteiger partial charge in [0.05, 0.1) is 0 Å². The Balaban J connectivity index is 2.51. The molecular weight excluding hydrogens is 128 g/mol. The molecule has 1 heteroatoms. The Hall–Kier alpha value is 0.350. The second kappa shape index (κ2) is 2.53. The lowest BCUT2D eigenvalue weighted by Crippen LogP contribution is -2.18. The van der Waals surface area contributed by atoms with E-state index in [9.17, 15) is 0 Å². The lowest BCUT2D eigenvalue weighted by atomic mass is 10.1. The van der Waals surface area contributed by atoms with Crippen LogP contribution in [0.3, 0.4) is 0 Å². The normalized spacial score (nSPS) is 26.3. The molecule has 0 heterocycles. The highest BCUT2D eigenvalue weighted by Gasteiger charge is 2.29. The molecule has 1 aliphatic rings. The van der Waals surface area contributed by atoms with E-state index in [1.165, 1.54) is 25.7 Å². The number of rotatable bonds is 1. The maximum absolute atomic E-state index is 2.46. The molecule has 56 valence electrons. The van der Waals surface area contributed by atoms with Gasteiger partial charge in [-0.15, -0.1) is 0 Å². The first-order valence-corrected chi connectivity index (χ1v) is 6.06. The number of hydrogen-bond acceptors (Lipinski definition) is 0. The molecule has 0 bridgehead atoms. The highest BCUT2D eigenvalue weighted by Crippen LogP contribution is 2.46. The van der Waals surface area contributed by atoms with Gasteiger partial charge in [-0.25, -0.2) is 0 Å². The zero-order chi connectivity index (χ0) is 6.91. The van der Waals surface area contributed by atoms with Gasteiger partial charge in [0.25, 0.3) is 0 Å². The lowest BCUT2D eigenvalue weighted by Gasteiger charge is -2.31. The lowest BCUT2D eigenvalue weighted by molar-refractivity contribution is 0.670. The van der Waals surface area contributed by atoms with Crippen molar-refractivity contribution >= 4 is 10.9 Å². The second-order valence-corrected chi connectivity index (χ2v) is 6.47. The summed E-state index contributed by atoms with van der Waals surface area (Å²) in [4.78, 5) is 0. The highest BCUT2D eigenvalue weighted by molar-refractivity contribution is 8.17. The maximum Gasteiger partial charge on any atom is -0.00548 e. The van der Waals surface area contributed by atoms with Gasteiger partial charge in [0.1, 0.15) is 0 Å². The molecular formula is C8H18S. The van der Waals surface area contributed by atoms with Crippen LogP contribution >= 0.6 is 10.9 Å². The maximum atomic E-state index is 2.46. The van der Waals surface area contributed by atoms with Crippen LogP contribution in [0.25, 0.3) is 0 Å². The summed E-state index contributed by atoms with van der Waals surface area (Å²) >= 11 is 0. The fraction of sp³-hybridized carbons (Fsp3) is 1.00. The van der Waals surface area contributed by atoms with Crippen LogP contribution in [-0.2, 0) is 0 Å². The third-order valence-corrected chi connectivity index (χ3v) is 5.37. The van der Waals surface area contributed by atoms with Crippen molar-refractivity contribution in [3.63, 3.8) is 0 Å². The van der Waals surface area contributed by atoms with E-state index in [1.54, 1.807) is 0 Å². The van der Waals surface area contributed by atoms with E-state index >= 15 is 0 Å². The van der Waals surface area contributed by atoms with Crippen molar-refractivity contribution in [2.75, 3.05) is 12.5 Å². The summed E-state index contributed by atoms with van der Waals surface area (Å²) in [6.45, 7) is 2.46. The van der Waals surface area contributed by atoms with E-state index in [1.807, 2.05) is 0 Å². The second-order valence-electron chi connectivity index (χ2n) is 3.60. The molecule has 1 saturated carbocycles. The first-order chi connectivity index (χ1) is 4.15. The molecule has 0 amide bonds. The van der Waals surface area contributed by atoms with Crippen LogP contribution in [0.15, 0.2) is 0 Å². The Bertz CT molecular complexity index is 90.7. The zero-order valence-corrected chi connectivity index (χ0v) is 7.67. The molecule has 0 aromatic carbocycles. The summed E-state index contributed by atoms with van der Waals surface area (Å²) < 4.78 is 0.759. The van der Waals surface area contributed by atoms with E-state index in [0.29, 0.717) is 10.9 Å². The quantitative estimate of drug-likeness (QED) is 0.540. The van der Waals surface area contributed by atoms with Crippen LogP contribution in [0.2, 0.25) is 0 Å². The van der Waals surface area contributed by atoms with Crippen molar-refractivity contribution in [1.82, 2.24) is 0 Å². The van der Waals surface area contributed by atoms with E-state index in [4.69, 9.17) is 0 Å². The minimum absolute atomic E-state index is 0.316. The third-order valence-electron chi connectivity index (χ3n) is 2.76. The van der Waals surface area contributed by atoms with Crippen molar-refractivity contribution in [3.05, 3.63) is 0 Å². The molecule has 0 aliphatic heterocycles. The third kappa shape index (κ3) is 1.43. The Kier molecular flexibility index (Phi) is 2.10. The van der Waals surface area contributed by atoms with Crippen LogP contribution in [-0.4, -0.2) is 17.3 Å². The van der Waals surface area contributed by atoms with Crippen LogP contribution in [0.5, 0.6) is 0 Å². The average Bonchev–Trinajstić information content (AvgIpc) is 2.16. The van der Waals surface area contributed by atoms with Crippen LogP contribution < -0.4 is 0 Å². The number of thiol groups is 1. The molecule has 1 fully saturated rings. The molecule has 0 aromatic rings. The van der Waals surface area contributed by atoms with Crippen molar-refractivity contribution in [3.8, 4) is 0 Å². The standard InChI is InChI=1S/C8H18S/c1-8(9(2)3)6-4-5-7-8/h9H,4-7H2,1-3H3. The Morgan fingerprint density at radius 3 is 1.78 bits per heavy atom. The minimum Gasteiger partial charge on any atom is -0.254 e. The van der Waals surface area contributed by atoms with Gasteiger partial charge in [-0.05, 0) is 30.1 Å². The summed E-state index contributed by atoms with van der Waals surface area (Å²) in [6, 6.07) is 0. The molecule has 0 atom stereocenters. The summed E-state index contributed by atoms with van der Waals surface area (Å²) in [5.74, 6) is 0. The van der Waals surface area contributed by atoms with E-state index in [0.717, 1.165) is 4.75 Å². The SMILES string of the molecule is C[SH](C)C1(C)CCCC1. The van der Waals surface area contributed by atoms with Gasteiger partial charge in [0.2, 0.25) is 0 Å². The van der Waals surface area contributed by atoms with Gasteiger partial charge < -0.3 is 0 Å². The first kappa shape index (κ1) is 7.46. The monoisotopic (exact) mass is 146 g/mol. The molecule has 1 aliphatic carbocycles. The molecule has 0 saturated heterocycles. The largest absolute Gasteiger partial charge is 0.254 e. The minimum atomic E-state index is 0.316. The Morgan fingerprint density at radius 2 is 1.56 bits per heavy atom. The molecule has 0 nitrogen and oxygen atoms in total. The van der Waals surface area contributed by atoms with Gasteiger partial charge in [-0.1, -0.05) is 19.8 Å². The van der Waals surface area contributed by atoms with Crippen molar-refractivity contribution in [1.29, 1.82) is 0 Å². The Morgan fingerprint density at radius 1 is 1.11 bits per heavy atom. The molecule has 0 spiro atoms. The van der Waals surface area contributed by atoms with Crippen molar-refractivity contribution in [2.45, 2.75) is 37.4 Å². The predicted octanol–water partition coefficient (Wildman–Crippen LogP) is 2.58. The van der Waals surface area contributed by atoms with Gasteiger partial charge in [0.15, 0.2) is 0 Å². The zero-order valence-electron chi connectivity index (χ0n) is 6.78. The smallest absolute Gasteiger partial charge is 0.00548 e. The fourth-order valence-electron chi connectivity index (χ4n) is 1.58. The van der Waals surface area contributed by atoms with Gasteiger partial charge >= 0.3 is 0 Å². The molecule has 0 aromatic heterocycles. The summed E-state index contributed by atoms with van der Waals surface area (Å²) in [6.07, 6.45) is 10.8. The summed E-state index contributed by atoms with van der Waals surface area (Å²) in [5.41, 5.74) is 0. The number of hydrogen-bond donors (Lipinski definition) is 1. The summed E-state index contributed by atoms with van der Waals surface area (Å²) in [7, 11) is 0.316. The van der Waals surface area contributed by atoms with E-state index < -0.39 is 0 Å². The van der Waals surface area contributed by atoms with E-state index in [2.05, 4.69) is 19.4 Å². The van der Waals surface area contributed by atoms with Gasteiger partial charge in [-0.3, -0.25) is 10.9 Å². The van der Waals surface area contributed by atoms with E-state index in [-0.39, 0.29) is 0 Å². The molecule has 1 rings (SSSR count).